The van der Waals surface area contributed by atoms with Crippen LogP contribution in [0.15, 0.2) is 47.4 Å². The Morgan fingerprint density at radius 2 is 1.75 bits per heavy atom. The summed E-state index contributed by atoms with van der Waals surface area (Å²) in [6, 6.07) is 9.60. The molecule has 0 heterocycles. The van der Waals surface area contributed by atoms with Gasteiger partial charge in [-0.25, -0.2) is 17.5 Å². The van der Waals surface area contributed by atoms with Gasteiger partial charge in [0.2, 0.25) is 0 Å². The first kappa shape index (κ1) is 31.4. The normalized spacial score (nSPS) is 16.2. The third kappa shape index (κ3) is 8.45. The van der Waals surface area contributed by atoms with E-state index in [4.69, 9.17) is 4.74 Å². The zero-order valence-electron chi connectivity index (χ0n) is 23.3. The number of hydrogen-bond acceptors (Lipinski definition) is 8. The van der Waals surface area contributed by atoms with Crippen molar-refractivity contribution in [2.24, 2.45) is 0 Å². The lowest BCUT2D eigenvalue weighted by Gasteiger charge is -2.29. The van der Waals surface area contributed by atoms with Crippen LogP contribution < -0.4 is 10.0 Å². The number of hydrogen-bond donors (Lipinski definition) is 2. The summed E-state index contributed by atoms with van der Waals surface area (Å²) in [5.74, 6) is -1.08. The molecule has 1 saturated carbocycles. The van der Waals surface area contributed by atoms with Gasteiger partial charge in [0.15, 0.2) is 0 Å². The number of nitrogens with zero attached hydrogens (tertiary/aromatic N) is 2. The Kier molecular flexibility index (Phi) is 11.0. The highest BCUT2D eigenvalue weighted by molar-refractivity contribution is 7.90. The SMILES string of the molecule is COC1(C(=O)NS(=O)(=O)c2ccc(N[C@@H](CCc3ccc(F)cc3)CCN(C)C)c([N+](=O)[O-])c2)CCCCCC1. The van der Waals surface area contributed by atoms with Crippen LogP contribution >= 0.6 is 0 Å². The van der Waals surface area contributed by atoms with E-state index in [9.17, 15) is 27.7 Å². The molecule has 12 heteroatoms. The second-order valence-corrected chi connectivity index (χ2v) is 12.3. The number of sulfonamides is 1. The molecule has 10 nitrogen and oxygen atoms in total. The van der Waals surface area contributed by atoms with Crippen molar-refractivity contribution in [1.29, 1.82) is 0 Å². The first-order chi connectivity index (χ1) is 19.0. The fourth-order valence-corrected chi connectivity index (χ4v) is 6.03. The predicted octanol–water partition coefficient (Wildman–Crippen LogP) is 4.64. The number of nitro benzene ring substituents is 1. The topological polar surface area (TPSA) is 131 Å². The van der Waals surface area contributed by atoms with E-state index in [0.29, 0.717) is 38.6 Å². The fraction of sp³-hybridized carbons (Fsp3) is 0.536. The summed E-state index contributed by atoms with van der Waals surface area (Å²) in [6.45, 7) is 0.717. The average Bonchev–Trinajstić information content (AvgIpc) is 3.17. The van der Waals surface area contributed by atoms with E-state index in [1.807, 2.05) is 19.0 Å². The van der Waals surface area contributed by atoms with Gasteiger partial charge in [0, 0.05) is 19.2 Å². The van der Waals surface area contributed by atoms with Gasteiger partial charge in [0.1, 0.15) is 17.1 Å². The number of anilines is 1. The Morgan fingerprint density at radius 3 is 2.33 bits per heavy atom. The van der Waals surface area contributed by atoms with Crippen molar-refractivity contribution in [3.05, 3.63) is 64.0 Å². The maximum atomic E-state index is 13.3. The highest BCUT2D eigenvalue weighted by atomic mass is 32.2. The molecule has 3 rings (SSSR count). The first-order valence-corrected chi connectivity index (χ1v) is 15.0. The maximum Gasteiger partial charge on any atom is 0.293 e. The molecule has 0 bridgehead atoms. The van der Waals surface area contributed by atoms with Gasteiger partial charge in [-0.3, -0.25) is 14.9 Å². The number of aryl methyl sites for hydroxylation is 1. The van der Waals surface area contributed by atoms with Crippen LogP contribution in [-0.4, -0.2) is 63.5 Å². The number of benzene rings is 2. The predicted molar refractivity (Wildman–Crippen MR) is 151 cm³/mol. The van der Waals surface area contributed by atoms with Gasteiger partial charge in [-0.15, -0.1) is 0 Å². The molecule has 40 heavy (non-hydrogen) atoms. The standard InChI is InChI=1S/C28H39FN4O6S/c1-32(2)19-16-23(13-10-21-8-11-22(29)12-9-21)30-25-15-14-24(20-26(25)33(35)36)40(37,38)31-27(34)28(39-3)17-6-4-5-7-18-28/h8-9,11-12,14-15,20,23,30H,4-7,10,13,16-19H2,1-3H3,(H,31,34)/t23-/m0/s1. The van der Waals surface area contributed by atoms with Crippen LogP contribution in [0, 0.1) is 15.9 Å². The summed E-state index contributed by atoms with van der Waals surface area (Å²) in [7, 11) is 0.858. The number of nitro groups is 1. The minimum Gasteiger partial charge on any atom is -0.377 e. The Balaban J connectivity index is 1.81. The summed E-state index contributed by atoms with van der Waals surface area (Å²) < 4.78 is 47.2. The number of amides is 1. The summed E-state index contributed by atoms with van der Waals surface area (Å²) in [4.78, 5) is 26.0. The van der Waals surface area contributed by atoms with E-state index < -0.39 is 32.1 Å². The van der Waals surface area contributed by atoms with Gasteiger partial charge in [-0.2, -0.15) is 0 Å². The molecule has 1 atom stereocenters. The van der Waals surface area contributed by atoms with Gasteiger partial charge in [-0.05, 0) is 82.6 Å². The summed E-state index contributed by atoms with van der Waals surface area (Å²) >= 11 is 0. The van der Waals surface area contributed by atoms with Crippen molar-refractivity contribution >= 4 is 27.3 Å². The van der Waals surface area contributed by atoms with E-state index >= 15 is 0 Å². The molecular formula is C28H39FN4O6S. The molecule has 2 aromatic carbocycles. The highest BCUT2D eigenvalue weighted by Crippen LogP contribution is 2.32. The van der Waals surface area contributed by atoms with Crippen LogP contribution in [0.25, 0.3) is 0 Å². The number of ether oxygens (including phenoxy) is 1. The second kappa shape index (κ2) is 14.0. The van der Waals surface area contributed by atoms with Crippen LogP contribution in [0.2, 0.25) is 0 Å². The van der Waals surface area contributed by atoms with E-state index in [1.54, 1.807) is 12.1 Å². The van der Waals surface area contributed by atoms with Crippen LogP contribution in [0.1, 0.15) is 56.9 Å². The molecule has 0 unspecified atom stereocenters. The Bertz CT molecular complexity index is 1260. The number of halogens is 1. The van der Waals surface area contributed by atoms with Crippen LogP contribution in [0.5, 0.6) is 0 Å². The number of rotatable bonds is 13. The quantitative estimate of drug-likeness (QED) is 0.200. The molecule has 1 fully saturated rings. The van der Waals surface area contributed by atoms with Crippen LogP contribution in [0.3, 0.4) is 0 Å². The Labute approximate surface area is 235 Å². The molecule has 0 saturated heterocycles. The van der Waals surface area contributed by atoms with Crippen molar-refractivity contribution in [2.75, 3.05) is 33.1 Å². The fourth-order valence-electron chi connectivity index (χ4n) is 4.96. The van der Waals surface area contributed by atoms with Crippen LogP contribution in [0.4, 0.5) is 15.8 Å². The maximum absolute atomic E-state index is 13.3. The van der Waals surface area contributed by atoms with Crippen molar-refractivity contribution < 1.29 is 27.3 Å². The summed E-state index contributed by atoms with van der Waals surface area (Å²) in [5.41, 5.74) is -0.549. The molecular weight excluding hydrogens is 539 g/mol. The lowest BCUT2D eigenvalue weighted by atomic mass is 9.93. The molecule has 1 amide bonds. The van der Waals surface area contributed by atoms with Gasteiger partial charge >= 0.3 is 0 Å². The third-order valence-electron chi connectivity index (χ3n) is 7.40. The minimum absolute atomic E-state index is 0.176. The number of carbonyl (C=O) groups excluding carboxylic acids is 1. The lowest BCUT2D eigenvalue weighted by molar-refractivity contribution is -0.384. The van der Waals surface area contributed by atoms with Gasteiger partial charge in [-0.1, -0.05) is 37.8 Å². The van der Waals surface area contributed by atoms with Gasteiger partial charge in [0.25, 0.3) is 21.6 Å². The largest absolute Gasteiger partial charge is 0.377 e. The van der Waals surface area contributed by atoms with E-state index in [-0.39, 0.29) is 22.4 Å². The number of carbonyl (C=O) groups is 1. The van der Waals surface area contributed by atoms with Crippen LogP contribution in [-0.2, 0) is 26.0 Å². The number of nitrogens with one attached hydrogen (secondary N) is 2. The molecule has 220 valence electrons. The van der Waals surface area contributed by atoms with E-state index in [1.165, 1.54) is 31.4 Å². The molecule has 1 aliphatic carbocycles. The summed E-state index contributed by atoms with van der Waals surface area (Å²) in [5, 5.41) is 15.2. The molecule has 0 spiro atoms. The molecule has 0 aromatic heterocycles. The Hall–Kier alpha value is -3.09. The minimum atomic E-state index is -4.39. The monoisotopic (exact) mass is 578 g/mol. The molecule has 1 aliphatic rings. The van der Waals surface area contributed by atoms with Crippen molar-refractivity contribution in [3.8, 4) is 0 Å². The Morgan fingerprint density at radius 1 is 1.10 bits per heavy atom. The highest BCUT2D eigenvalue weighted by Gasteiger charge is 2.41. The lowest BCUT2D eigenvalue weighted by Crippen LogP contribution is -2.49. The summed E-state index contributed by atoms with van der Waals surface area (Å²) in [6.07, 6.45) is 6.06. The van der Waals surface area contributed by atoms with Crippen molar-refractivity contribution in [3.63, 3.8) is 0 Å². The smallest absolute Gasteiger partial charge is 0.293 e. The zero-order chi connectivity index (χ0) is 29.3. The van der Waals surface area contributed by atoms with Gasteiger partial charge < -0.3 is 15.0 Å². The van der Waals surface area contributed by atoms with Gasteiger partial charge in [0.05, 0.1) is 9.82 Å². The van der Waals surface area contributed by atoms with E-state index in [0.717, 1.165) is 37.3 Å². The second-order valence-electron chi connectivity index (χ2n) is 10.6. The number of methoxy groups -OCH3 is 1. The van der Waals surface area contributed by atoms with E-state index in [2.05, 4.69) is 10.0 Å². The molecule has 0 radical (unpaired) electrons. The first-order valence-electron chi connectivity index (χ1n) is 13.5. The average molecular weight is 579 g/mol. The van der Waals surface area contributed by atoms with Crippen molar-refractivity contribution in [1.82, 2.24) is 9.62 Å². The van der Waals surface area contributed by atoms with Crippen molar-refractivity contribution in [2.45, 2.75) is 74.3 Å². The molecule has 2 N–H and O–H groups in total. The third-order valence-corrected chi connectivity index (χ3v) is 8.73. The zero-order valence-corrected chi connectivity index (χ0v) is 24.1. The molecule has 2 aromatic rings. The molecule has 0 aliphatic heterocycles.